The van der Waals surface area contributed by atoms with Crippen LogP contribution >= 0.6 is 0 Å². The zero-order chi connectivity index (χ0) is 18.7. The van der Waals surface area contributed by atoms with Crippen molar-refractivity contribution in [1.29, 1.82) is 0 Å². The molecule has 0 radical (unpaired) electrons. The van der Waals surface area contributed by atoms with E-state index in [2.05, 4.69) is 10.3 Å². The topological polar surface area (TPSA) is 58.9 Å². The fraction of sp³-hybridized carbons (Fsp3) is 0.263. The Morgan fingerprint density at radius 2 is 1.96 bits per heavy atom. The van der Waals surface area contributed by atoms with Gasteiger partial charge in [0.2, 0.25) is 0 Å². The molecule has 1 aromatic carbocycles. The van der Waals surface area contributed by atoms with E-state index in [1.165, 1.54) is 28.9 Å². The fourth-order valence-corrected chi connectivity index (χ4v) is 2.78. The van der Waals surface area contributed by atoms with Gasteiger partial charge >= 0.3 is 0 Å². The van der Waals surface area contributed by atoms with Gasteiger partial charge in [-0.05, 0) is 43.9 Å². The molecule has 2 aromatic heterocycles. The summed E-state index contributed by atoms with van der Waals surface area (Å²) >= 11 is 0. The zero-order valence-electron chi connectivity index (χ0n) is 14.9. The molecule has 0 saturated carbocycles. The minimum absolute atomic E-state index is 0.000619. The van der Waals surface area contributed by atoms with Gasteiger partial charge in [0.15, 0.2) is 0 Å². The third kappa shape index (κ3) is 3.83. The maximum atomic E-state index is 13.3. The number of likely N-dealkylation sites (N-methyl/N-ethyl adjacent to an activating group) is 1. The third-order valence-corrected chi connectivity index (χ3v) is 4.23. The highest BCUT2D eigenvalue weighted by Crippen LogP contribution is 2.20. The van der Waals surface area contributed by atoms with Crippen LogP contribution in [0.15, 0.2) is 48.8 Å². The quantitative estimate of drug-likeness (QED) is 0.737. The average Bonchev–Trinajstić information content (AvgIpc) is 3.05. The predicted molar refractivity (Wildman–Crippen MR) is 96.9 cm³/mol. The first kappa shape index (κ1) is 17.9. The van der Waals surface area contributed by atoms with E-state index in [4.69, 9.17) is 4.74 Å². The van der Waals surface area contributed by atoms with Crippen molar-refractivity contribution in [3.63, 3.8) is 0 Å². The second-order valence-corrected chi connectivity index (χ2v) is 6.20. The molecule has 0 aliphatic carbocycles. The number of aromatic nitrogens is 2. The number of nitrogens with one attached hydrogen (secondary N) is 1. The summed E-state index contributed by atoms with van der Waals surface area (Å²) in [6.45, 7) is 0.417. The Labute approximate surface area is 151 Å². The smallest absolute Gasteiger partial charge is 0.271 e. The van der Waals surface area contributed by atoms with Gasteiger partial charge in [-0.1, -0.05) is 12.1 Å². The summed E-state index contributed by atoms with van der Waals surface area (Å²) in [6, 6.07) is 10.6. The van der Waals surface area contributed by atoms with Gasteiger partial charge in [-0.15, -0.1) is 0 Å². The minimum Gasteiger partial charge on any atom is -0.497 e. The van der Waals surface area contributed by atoms with E-state index in [1.54, 1.807) is 7.11 Å². The van der Waals surface area contributed by atoms with Crippen molar-refractivity contribution < 1.29 is 13.9 Å². The summed E-state index contributed by atoms with van der Waals surface area (Å²) in [6.07, 6.45) is 2.81. The molecule has 0 aliphatic heterocycles. The van der Waals surface area contributed by atoms with Crippen molar-refractivity contribution in [3.8, 4) is 5.75 Å². The van der Waals surface area contributed by atoms with E-state index in [-0.39, 0.29) is 23.5 Å². The first-order chi connectivity index (χ1) is 12.5. The molecule has 1 atom stereocenters. The number of benzene rings is 1. The molecule has 3 aromatic rings. The van der Waals surface area contributed by atoms with Gasteiger partial charge < -0.3 is 19.4 Å². The molecule has 0 saturated heterocycles. The maximum Gasteiger partial charge on any atom is 0.271 e. The van der Waals surface area contributed by atoms with Crippen LogP contribution in [0.5, 0.6) is 5.75 Å². The number of carbonyl (C=O) groups excluding carboxylic acids is 1. The summed E-state index contributed by atoms with van der Waals surface area (Å²) in [5.74, 6) is 0.107. The van der Waals surface area contributed by atoms with Crippen LogP contribution in [0.4, 0.5) is 4.39 Å². The highest BCUT2D eigenvalue weighted by atomic mass is 19.1. The van der Waals surface area contributed by atoms with E-state index in [9.17, 15) is 9.18 Å². The van der Waals surface area contributed by atoms with Crippen molar-refractivity contribution >= 4 is 11.6 Å². The number of rotatable bonds is 6. The predicted octanol–water partition coefficient (Wildman–Crippen LogP) is 2.51. The number of pyridine rings is 1. The lowest BCUT2D eigenvalue weighted by atomic mass is 10.1. The van der Waals surface area contributed by atoms with Crippen molar-refractivity contribution in [2.75, 3.05) is 27.7 Å². The Hall–Kier alpha value is -2.93. The molecule has 0 fully saturated rings. The van der Waals surface area contributed by atoms with Crippen LogP contribution < -0.4 is 10.1 Å². The van der Waals surface area contributed by atoms with E-state index in [0.29, 0.717) is 12.2 Å². The minimum atomic E-state index is -0.381. The summed E-state index contributed by atoms with van der Waals surface area (Å²) < 4.78 is 19.9. The fourth-order valence-electron chi connectivity index (χ4n) is 2.78. The molecule has 1 unspecified atom stereocenters. The normalized spacial score (nSPS) is 12.3. The lowest BCUT2D eigenvalue weighted by molar-refractivity contribution is 0.0937. The van der Waals surface area contributed by atoms with E-state index < -0.39 is 0 Å². The van der Waals surface area contributed by atoms with Crippen LogP contribution in [0.1, 0.15) is 22.1 Å². The molecule has 0 spiro atoms. The van der Waals surface area contributed by atoms with Crippen molar-refractivity contribution in [3.05, 3.63) is 65.9 Å². The van der Waals surface area contributed by atoms with Gasteiger partial charge in [0.1, 0.15) is 22.9 Å². The highest BCUT2D eigenvalue weighted by molar-refractivity contribution is 5.92. The SMILES string of the molecule is COc1ccc(C(CNC(=O)c2cn3cc(F)ccc3n2)N(C)C)cc1. The Morgan fingerprint density at radius 3 is 2.62 bits per heavy atom. The zero-order valence-corrected chi connectivity index (χ0v) is 14.9. The molecule has 0 bridgehead atoms. The number of methoxy groups -OCH3 is 1. The Balaban J connectivity index is 1.72. The second-order valence-electron chi connectivity index (χ2n) is 6.20. The van der Waals surface area contributed by atoms with Crippen LogP contribution in [-0.4, -0.2) is 47.9 Å². The van der Waals surface area contributed by atoms with Crippen LogP contribution in [0.2, 0.25) is 0 Å². The highest BCUT2D eigenvalue weighted by Gasteiger charge is 2.17. The number of imidazole rings is 1. The van der Waals surface area contributed by atoms with Gasteiger partial charge in [-0.25, -0.2) is 9.37 Å². The molecule has 6 nitrogen and oxygen atoms in total. The average molecular weight is 356 g/mol. The van der Waals surface area contributed by atoms with Gasteiger partial charge in [0.05, 0.1) is 13.2 Å². The summed E-state index contributed by atoms with van der Waals surface area (Å²) in [4.78, 5) is 18.7. The summed E-state index contributed by atoms with van der Waals surface area (Å²) in [5, 5.41) is 2.90. The van der Waals surface area contributed by atoms with Crippen LogP contribution in [-0.2, 0) is 0 Å². The number of carbonyl (C=O) groups is 1. The Bertz CT molecular complexity index is 906. The number of hydrogen-bond donors (Lipinski definition) is 1. The Morgan fingerprint density at radius 1 is 1.23 bits per heavy atom. The number of nitrogens with zero attached hydrogens (tertiary/aromatic N) is 3. The standard InChI is InChI=1S/C19H21FN4O2/c1-23(2)17(13-4-7-15(26-3)8-5-13)10-21-19(25)16-12-24-11-14(20)6-9-18(24)22-16/h4-9,11-12,17H,10H2,1-3H3,(H,21,25). The summed E-state index contributed by atoms with van der Waals surface area (Å²) in [5.41, 5.74) is 1.84. The molecule has 136 valence electrons. The van der Waals surface area contributed by atoms with E-state index in [1.807, 2.05) is 43.3 Å². The van der Waals surface area contributed by atoms with Crippen LogP contribution in [0.3, 0.4) is 0 Å². The van der Waals surface area contributed by atoms with Crippen LogP contribution in [0, 0.1) is 5.82 Å². The maximum absolute atomic E-state index is 13.3. The van der Waals surface area contributed by atoms with Crippen molar-refractivity contribution in [1.82, 2.24) is 19.6 Å². The lowest BCUT2D eigenvalue weighted by Gasteiger charge is -2.25. The molecule has 7 heteroatoms. The second kappa shape index (κ2) is 7.53. The lowest BCUT2D eigenvalue weighted by Crippen LogP contribution is -2.34. The number of fused-ring (bicyclic) bond motifs is 1. The van der Waals surface area contributed by atoms with Crippen molar-refractivity contribution in [2.45, 2.75) is 6.04 Å². The third-order valence-electron chi connectivity index (χ3n) is 4.23. The number of amides is 1. The van der Waals surface area contributed by atoms with E-state index in [0.717, 1.165) is 11.3 Å². The van der Waals surface area contributed by atoms with Gasteiger partial charge in [0, 0.05) is 18.9 Å². The summed E-state index contributed by atoms with van der Waals surface area (Å²) in [7, 11) is 5.53. The molecule has 3 rings (SSSR count). The van der Waals surface area contributed by atoms with Gasteiger partial charge in [-0.2, -0.15) is 0 Å². The first-order valence-corrected chi connectivity index (χ1v) is 8.21. The molecular weight excluding hydrogens is 335 g/mol. The molecule has 26 heavy (non-hydrogen) atoms. The Kier molecular flexibility index (Phi) is 5.18. The molecule has 2 heterocycles. The molecule has 0 aliphatic rings. The van der Waals surface area contributed by atoms with E-state index >= 15 is 0 Å². The number of ether oxygens (including phenoxy) is 1. The number of halogens is 1. The van der Waals surface area contributed by atoms with Crippen molar-refractivity contribution in [2.24, 2.45) is 0 Å². The molecular formula is C19H21FN4O2. The first-order valence-electron chi connectivity index (χ1n) is 8.21. The van der Waals surface area contributed by atoms with Gasteiger partial charge in [-0.3, -0.25) is 4.79 Å². The molecule has 1 N–H and O–H groups in total. The number of hydrogen-bond acceptors (Lipinski definition) is 4. The molecule has 1 amide bonds. The van der Waals surface area contributed by atoms with Gasteiger partial charge in [0.25, 0.3) is 5.91 Å². The largest absolute Gasteiger partial charge is 0.497 e. The van der Waals surface area contributed by atoms with Crippen LogP contribution in [0.25, 0.3) is 5.65 Å². The monoisotopic (exact) mass is 356 g/mol.